The van der Waals surface area contributed by atoms with E-state index in [1.54, 1.807) is 72.8 Å². The van der Waals surface area contributed by atoms with Gasteiger partial charge in [0.2, 0.25) is 0 Å². The Balaban J connectivity index is 1.33. The van der Waals surface area contributed by atoms with Gasteiger partial charge in [-0.15, -0.1) is 0 Å². The SMILES string of the molecule is COc1cccc(O)c1[C@H]1C2=CC[C@@H]3C(=O)N(N(C)c4nc(C(F)(F)F)ccc4Cl)C(=O)[C@@H]3[C@@H]2C[C@H]2C(=O)C(c3ccccc3)=CC(=O)[C@@]12c1ccccc1. The number of halogens is 4. The highest BCUT2D eigenvalue weighted by atomic mass is 35.5. The Labute approximate surface area is 318 Å². The number of fused-ring (bicyclic) bond motifs is 4. The van der Waals surface area contributed by atoms with Gasteiger partial charge in [0.05, 0.1) is 29.4 Å². The van der Waals surface area contributed by atoms with Gasteiger partial charge in [0.25, 0.3) is 11.8 Å². The van der Waals surface area contributed by atoms with Gasteiger partial charge in [-0.3, -0.25) is 24.2 Å². The molecule has 1 N–H and O–H groups in total. The van der Waals surface area contributed by atoms with Crippen LogP contribution in [-0.2, 0) is 30.8 Å². The Hall–Kier alpha value is -5.75. The van der Waals surface area contributed by atoms with E-state index in [0.717, 1.165) is 16.1 Å². The molecule has 1 saturated carbocycles. The van der Waals surface area contributed by atoms with Gasteiger partial charge < -0.3 is 9.84 Å². The highest BCUT2D eigenvalue weighted by Gasteiger charge is 2.67. The Morgan fingerprint density at radius 3 is 2.27 bits per heavy atom. The Kier molecular flexibility index (Phi) is 8.71. The van der Waals surface area contributed by atoms with Gasteiger partial charge in [-0.1, -0.05) is 90.0 Å². The first-order valence-electron chi connectivity index (χ1n) is 17.6. The number of methoxy groups -OCH3 is 1. The van der Waals surface area contributed by atoms with E-state index < -0.39 is 64.5 Å². The molecule has 55 heavy (non-hydrogen) atoms. The Morgan fingerprint density at radius 2 is 1.60 bits per heavy atom. The molecule has 1 saturated heterocycles. The van der Waals surface area contributed by atoms with Crippen LogP contribution in [-0.4, -0.2) is 52.6 Å². The lowest BCUT2D eigenvalue weighted by atomic mass is 9.44. The van der Waals surface area contributed by atoms with Crippen molar-refractivity contribution in [3.8, 4) is 11.5 Å². The molecule has 4 aliphatic rings. The molecule has 3 aromatic carbocycles. The zero-order valence-electron chi connectivity index (χ0n) is 29.5. The van der Waals surface area contributed by atoms with Crippen LogP contribution >= 0.6 is 11.6 Å². The molecule has 280 valence electrons. The predicted octanol–water partition coefficient (Wildman–Crippen LogP) is 7.34. The molecule has 0 unspecified atom stereocenters. The number of amides is 2. The normalized spacial score (nSPS) is 26.1. The number of carbonyl (C=O) groups excluding carboxylic acids is 4. The summed E-state index contributed by atoms with van der Waals surface area (Å²) in [7, 11) is 2.67. The smallest absolute Gasteiger partial charge is 0.433 e. The number of rotatable bonds is 6. The topological polar surface area (TPSA) is 117 Å². The van der Waals surface area contributed by atoms with Crippen molar-refractivity contribution in [3.63, 3.8) is 0 Å². The number of anilines is 1. The number of allylic oxidation sites excluding steroid dienone is 4. The number of imide groups is 1. The number of alkyl halides is 3. The molecule has 3 aliphatic carbocycles. The van der Waals surface area contributed by atoms with E-state index in [9.17, 15) is 27.9 Å². The van der Waals surface area contributed by atoms with Crippen LogP contribution in [0.15, 0.2) is 109 Å². The Bertz CT molecular complexity index is 2330. The Morgan fingerprint density at radius 1 is 0.909 bits per heavy atom. The van der Waals surface area contributed by atoms with Crippen LogP contribution in [0.2, 0.25) is 5.02 Å². The highest BCUT2D eigenvalue weighted by molar-refractivity contribution is 6.33. The molecule has 2 amide bonds. The van der Waals surface area contributed by atoms with E-state index in [4.69, 9.17) is 16.3 Å². The molecule has 0 spiro atoms. The predicted molar refractivity (Wildman–Crippen MR) is 196 cm³/mol. The number of hydrogen-bond donors (Lipinski definition) is 1. The molecule has 8 rings (SSSR count). The molecular formula is C42H33ClF3N3O6. The van der Waals surface area contributed by atoms with Crippen LogP contribution in [0.5, 0.6) is 11.5 Å². The number of ether oxygens (including phenoxy) is 1. The van der Waals surface area contributed by atoms with Crippen LogP contribution in [0.3, 0.4) is 0 Å². The fourth-order valence-corrected chi connectivity index (χ4v) is 9.61. The van der Waals surface area contributed by atoms with Gasteiger partial charge in [0.1, 0.15) is 17.2 Å². The van der Waals surface area contributed by atoms with Crippen molar-refractivity contribution in [2.75, 3.05) is 19.2 Å². The van der Waals surface area contributed by atoms with Crippen molar-refractivity contribution in [1.82, 2.24) is 9.99 Å². The van der Waals surface area contributed by atoms with Crippen molar-refractivity contribution >= 4 is 46.4 Å². The first kappa shape index (κ1) is 36.2. The summed E-state index contributed by atoms with van der Waals surface area (Å²) in [6, 6.07) is 24.1. The average molecular weight is 768 g/mol. The maximum absolute atomic E-state index is 15.2. The second-order valence-corrected chi connectivity index (χ2v) is 14.6. The van der Waals surface area contributed by atoms with E-state index in [-0.39, 0.29) is 52.1 Å². The second-order valence-electron chi connectivity index (χ2n) is 14.2. The molecule has 9 nitrogen and oxygen atoms in total. The first-order chi connectivity index (χ1) is 26.3. The van der Waals surface area contributed by atoms with Gasteiger partial charge in [-0.25, -0.2) is 4.98 Å². The molecule has 2 fully saturated rings. The summed E-state index contributed by atoms with van der Waals surface area (Å²) in [5.41, 5.74) is -0.797. The molecule has 2 heterocycles. The van der Waals surface area contributed by atoms with Crippen molar-refractivity contribution in [2.24, 2.45) is 23.7 Å². The third-order valence-corrected chi connectivity index (χ3v) is 11.9. The lowest BCUT2D eigenvalue weighted by molar-refractivity contribution is -0.141. The third-order valence-electron chi connectivity index (χ3n) is 11.6. The van der Waals surface area contributed by atoms with Crippen LogP contribution in [0.4, 0.5) is 19.0 Å². The number of aromatic nitrogens is 1. The largest absolute Gasteiger partial charge is 0.508 e. The summed E-state index contributed by atoms with van der Waals surface area (Å²) in [6.07, 6.45) is -1.64. The molecule has 13 heteroatoms. The van der Waals surface area contributed by atoms with Gasteiger partial charge in [0.15, 0.2) is 17.4 Å². The highest BCUT2D eigenvalue weighted by Crippen LogP contribution is 2.65. The van der Waals surface area contributed by atoms with E-state index in [2.05, 4.69) is 4.98 Å². The lowest BCUT2D eigenvalue weighted by Crippen LogP contribution is -2.59. The number of aromatic hydroxyl groups is 1. The van der Waals surface area contributed by atoms with Gasteiger partial charge >= 0.3 is 6.18 Å². The minimum atomic E-state index is -4.82. The zero-order chi connectivity index (χ0) is 39.0. The molecule has 1 aliphatic heterocycles. The van der Waals surface area contributed by atoms with E-state index >= 15 is 9.59 Å². The summed E-state index contributed by atoms with van der Waals surface area (Å²) in [6.45, 7) is 0. The molecule has 6 atom stereocenters. The number of phenols is 1. The molecule has 0 bridgehead atoms. The summed E-state index contributed by atoms with van der Waals surface area (Å²) < 4.78 is 46.9. The molecular weight excluding hydrogens is 735 g/mol. The fourth-order valence-electron chi connectivity index (χ4n) is 9.38. The number of benzene rings is 3. The van der Waals surface area contributed by atoms with Crippen LogP contribution < -0.4 is 9.75 Å². The molecule has 0 radical (unpaired) electrons. The quantitative estimate of drug-likeness (QED) is 0.160. The van der Waals surface area contributed by atoms with Crippen LogP contribution in [0, 0.1) is 23.7 Å². The van der Waals surface area contributed by atoms with Gasteiger partial charge in [0, 0.05) is 30.0 Å². The number of phenolic OH excluding ortho intramolecular Hbond substituents is 1. The maximum atomic E-state index is 15.2. The minimum absolute atomic E-state index is 0.0256. The summed E-state index contributed by atoms with van der Waals surface area (Å²) in [4.78, 5) is 62.9. The monoisotopic (exact) mass is 767 g/mol. The molecule has 1 aromatic heterocycles. The number of carbonyl (C=O) groups is 4. The van der Waals surface area contributed by atoms with E-state index in [1.807, 2.05) is 6.08 Å². The average Bonchev–Trinajstić information content (AvgIpc) is 3.44. The fraction of sp³-hybridized carbons (Fsp3) is 0.262. The number of hydrazine groups is 1. The standard InChI is InChI=1S/C42H33ClF3N3O6/c1-48(38-29(43)18-19-32(47-38)42(44,45)46)49-39(53)25-17-16-24-27(34(25)40(49)54)20-28-37(52)26(22-10-5-3-6-11-22)21-33(51)41(28,23-12-7-4-8-13-23)36(24)35-30(50)14-9-15-31(35)55-2/h3-16,18-19,21,25,27-28,34,36,50H,17,20H2,1-2H3/t25-,27+,28-,34-,36+,41-/m0/s1. The van der Waals surface area contributed by atoms with Gasteiger partial charge in [-0.05, 0) is 60.2 Å². The van der Waals surface area contributed by atoms with Crippen molar-refractivity contribution in [2.45, 2.75) is 30.4 Å². The summed E-state index contributed by atoms with van der Waals surface area (Å²) in [5.74, 6) is -7.49. The molecule has 4 aromatic rings. The van der Waals surface area contributed by atoms with Crippen LogP contribution in [0.25, 0.3) is 5.57 Å². The van der Waals surface area contributed by atoms with Gasteiger partial charge in [-0.2, -0.15) is 18.2 Å². The van der Waals surface area contributed by atoms with E-state index in [0.29, 0.717) is 22.8 Å². The summed E-state index contributed by atoms with van der Waals surface area (Å²) >= 11 is 6.31. The second kappa shape index (κ2) is 13.2. The maximum Gasteiger partial charge on any atom is 0.433 e. The lowest BCUT2D eigenvalue weighted by Gasteiger charge is -2.55. The van der Waals surface area contributed by atoms with Crippen molar-refractivity contribution < 1.29 is 42.2 Å². The first-order valence-corrected chi connectivity index (χ1v) is 18.0. The number of hydrogen-bond acceptors (Lipinski definition) is 8. The number of Topliss-reactive ketones (excluding diaryl/α,β-unsaturated/α-hetero) is 1. The number of nitrogens with zero attached hydrogens (tertiary/aromatic N) is 3. The third kappa shape index (κ3) is 5.40. The number of pyridine rings is 1. The minimum Gasteiger partial charge on any atom is -0.508 e. The van der Waals surface area contributed by atoms with Crippen molar-refractivity contribution in [1.29, 1.82) is 0 Å². The summed E-state index contributed by atoms with van der Waals surface area (Å²) in [5, 5.41) is 13.2. The van der Waals surface area contributed by atoms with Crippen molar-refractivity contribution in [3.05, 3.63) is 136 Å². The van der Waals surface area contributed by atoms with Crippen LogP contribution in [0.1, 0.15) is 41.1 Å². The number of ketones is 2. The van der Waals surface area contributed by atoms with E-state index in [1.165, 1.54) is 26.3 Å². The zero-order valence-corrected chi connectivity index (χ0v) is 30.2.